The van der Waals surface area contributed by atoms with E-state index in [0.29, 0.717) is 13.2 Å². The van der Waals surface area contributed by atoms with Crippen molar-refractivity contribution in [2.24, 2.45) is 0 Å². The molecular weight excluding hydrogens is 240 g/mol. The lowest BCUT2D eigenvalue weighted by molar-refractivity contribution is -0.102. The van der Waals surface area contributed by atoms with Gasteiger partial charge in [-0.05, 0) is 11.4 Å². The molecule has 1 aliphatic rings. The second-order valence-electron chi connectivity index (χ2n) is 2.53. The summed E-state index contributed by atoms with van der Waals surface area (Å²) in [6, 6.07) is 4.09. The van der Waals surface area contributed by atoms with Gasteiger partial charge < -0.3 is 9.47 Å². The van der Waals surface area contributed by atoms with Gasteiger partial charge in [0, 0.05) is 4.88 Å². The van der Waals surface area contributed by atoms with Crippen molar-refractivity contribution in [3.8, 4) is 0 Å². The highest BCUT2D eigenvalue weighted by atomic mass is 79.9. The van der Waals surface area contributed by atoms with Crippen LogP contribution in [0.3, 0.4) is 0 Å². The van der Waals surface area contributed by atoms with Crippen molar-refractivity contribution in [3.63, 3.8) is 0 Å². The van der Waals surface area contributed by atoms with E-state index in [4.69, 9.17) is 9.47 Å². The van der Waals surface area contributed by atoms with Crippen molar-refractivity contribution in [2.45, 2.75) is 11.1 Å². The van der Waals surface area contributed by atoms with Gasteiger partial charge in [0.15, 0.2) is 0 Å². The summed E-state index contributed by atoms with van der Waals surface area (Å²) >= 11 is 5.13. The van der Waals surface area contributed by atoms with Gasteiger partial charge in [0.25, 0.3) is 0 Å². The minimum Gasteiger partial charge on any atom is -0.367 e. The van der Waals surface area contributed by atoms with E-state index >= 15 is 0 Å². The Kier molecular flexibility index (Phi) is 2.80. The van der Waals surface area contributed by atoms with Crippen molar-refractivity contribution < 1.29 is 9.47 Å². The molecule has 1 saturated heterocycles. The molecule has 0 radical (unpaired) electrons. The topological polar surface area (TPSA) is 18.5 Å². The zero-order valence-corrected chi connectivity index (χ0v) is 8.81. The maximum Gasteiger partial charge on any atom is 0.143 e. The van der Waals surface area contributed by atoms with E-state index in [1.807, 2.05) is 11.4 Å². The van der Waals surface area contributed by atoms with E-state index in [9.17, 15) is 0 Å². The third-order valence-electron chi connectivity index (χ3n) is 1.72. The molecular formula is C8H9BrO2S. The highest BCUT2D eigenvalue weighted by Crippen LogP contribution is 2.32. The van der Waals surface area contributed by atoms with Crippen LogP contribution in [-0.4, -0.2) is 18.2 Å². The van der Waals surface area contributed by atoms with E-state index < -0.39 is 0 Å². The molecule has 4 heteroatoms. The zero-order chi connectivity index (χ0) is 8.39. The predicted octanol–water partition coefficient (Wildman–Crippen LogP) is 2.56. The Morgan fingerprint density at radius 2 is 2.25 bits per heavy atom. The summed E-state index contributed by atoms with van der Waals surface area (Å²) in [6.07, 6.45) is 0.0683. The highest BCUT2D eigenvalue weighted by molar-refractivity contribution is 9.09. The molecule has 2 atom stereocenters. The van der Waals surface area contributed by atoms with E-state index in [1.165, 1.54) is 4.88 Å². The Hall–Kier alpha value is 0.100. The molecule has 1 aromatic heterocycles. The molecule has 0 amide bonds. The fraction of sp³-hybridized carbons (Fsp3) is 0.500. The van der Waals surface area contributed by atoms with Crippen molar-refractivity contribution in [1.29, 1.82) is 0 Å². The average molecular weight is 249 g/mol. The van der Waals surface area contributed by atoms with Gasteiger partial charge in [-0.1, -0.05) is 22.0 Å². The minimum absolute atomic E-state index is 0.00454. The first-order valence-electron chi connectivity index (χ1n) is 3.78. The molecule has 2 rings (SSSR count). The summed E-state index contributed by atoms with van der Waals surface area (Å²) < 4.78 is 11.0. The zero-order valence-electron chi connectivity index (χ0n) is 6.40. The summed E-state index contributed by atoms with van der Waals surface area (Å²) in [7, 11) is 0. The van der Waals surface area contributed by atoms with E-state index in [0.717, 1.165) is 0 Å². The number of alkyl halides is 1. The minimum atomic E-state index is 0.00454. The van der Waals surface area contributed by atoms with Crippen LogP contribution in [0, 0.1) is 0 Å². The first-order valence-corrected chi connectivity index (χ1v) is 5.58. The molecule has 1 aromatic rings. The first-order chi connectivity index (χ1) is 5.88. The molecule has 1 fully saturated rings. The average Bonchev–Trinajstić information content (AvgIpc) is 2.57. The predicted molar refractivity (Wildman–Crippen MR) is 51.7 cm³/mol. The SMILES string of the molecule is Br[C@H]1OCCO[C@@H]1c1cccs1. The molecule has 0 bridgehead atoms. The summed E-state index contributed by atoms with van der Waals surface area (Å²) in [6.45, 7) is 1.36. The second kappa shape index (κ2) is 3.87. The summed E-state index contributed by atoms with van der Waals surface area (Å²) in [5.74, 6) is 0. The van der Waals surface area contributed by atoms with Crippen LogP contribution in [0.2, 0.25) is 0 Å². The molecule has 0 spiro atoms. The number of rotatable bonds is 1. The summed E-state index contributed by atoms with van der Waals surface area (Å²) in [5, 5.41) is 2.05. The van der Waals surface area contributed by atoms with Crippen LogP contribution in [0.25, 0.3) is 0 Å². The van der Waals surface area contributed by atoms with Crippen LogP contribution in [-0.2, 0) is 9.47 Å². The lowest BCUT2D eigenvalue weighted by Crippen LogP contribution is -2.27. The molecule has 0 aromatic carbocycles. The maximum absolute atomic E-state index is 5.57. The van der Waals surface area contributed by atoms with E-state index in [1.54, 1.807) is 11.3 Å². The summed E-state index contributed by atoms with van der Waals surface area (Å²) in [4.78, 5) is 1.22. The van der Waals surface area contributed by atoms with Gasteiger partial charge >= 0.3 is 0 Å². The monoisotopic (exact) mass is 248 g/mol. The Morgan fingerprint density at radius 3 is 2.92 bits per heavy atom. The fourth-order valence-corrected chi connectivity index (χ4v) is 2.76. The molecule has 0 unspecified atom stereocenters. The van der Waals surface area contributed by atoms with Crippen LogP contribution in [0.5, 0.6) is 0 Å². The number of ether oxygens (including phenoxy) is 2. The van der Waals surface area contributed by atoms with Gasteiger partial charge in [-0.2, -0.15) is 0 Å². The number of hydrogen-bond acceptors (Lipinski definition) is 3. The van der Waals surface area contributed by atoms with Gasteiger partial charge in [0.1, 0.15) is 11.1 Å². The Bertz CT molecular complexity index is 237. The number of halogens is 1. The van der Waals surface area contributed by atoms with Crippen molar-refractivity contribution >= 4 is 27.3 Å². The lowest BCUT2D eigenvalue weighted by Gasteiger charge is -2.27. The van der Waals surface area contributed by atoms with Crippen LogP contribution < -0.4 is 0 Å². The fourth-order valence-electron chi connectivity index (χ4n) is 1.16. The van der Waals surface area contributed by atoms with Crippen LogP contribution in [0.15, 0.2) is 17.5 Å². The molecule has 2 nitrogen and oxygen atoms in total. The van der Waals surface area contributed by atoms with Crippen molar-refractivity contribution in [3.05, 3.63) is 22.4 Å². The smallest absolute Gasteiger partial charge is 0.143 e. The Labute approximate surface area is 83.6 Å². The van der Waals surface area contributed by atoms with Crippen molar-refractivity contribution in [1.82, 2.24) is 0 Å². The molecule has 1 aliphatic heterocycles. The molecule has 0 N–H and O–H groups in total. The Morgan fingerprint density at radius 1 is 1.42 bits per heavy atom. The normalized spacial score (nSPS) is 30.4. The van der Waals surface area contributed by atoms with Crippen LogP contribution >= 0.6 is 27.3 Å². The Balaban J connectivity index is 2.11. The third kappa shape index (κ3) is 1.71. The molecule has 66 valence electrons. The molecule has 2 heterocycles. The van der Waals surface area contributed by atoms with Crippen LogP contribution in [0.1, 0.15) is 11.0 Å². The van der Waals surface area contributed by atoms with E-state index in [-0.39, 0.29) is 11.1 Å². The van der Waals surface area contributed by atoms with Gasteiger partial charge in [-0.25, -0.2) is 0 Å². The van der Waals surface area contributed by atoms with Crippen molar-refractivity contribution in [2.75, 3.05) is 13.2 Å². The van der Waals surface area contributed by atoms with Gasteiger partial charge in [0.2, 0.25) is 0 Å². The highest BCUT2D eigenvalue weighted by Gasteiger charge is 2.26. The molecule has 0 aliphatic carbocycles. The van der Waals surface area contributed by atoms with Gasteiger partial charge in [-0.15, -0.1) is 11.3 Å². The van der Waals surface area contributed by atoms with Crippen LogP contribution in [0.4, 0.5) is 0 Å². The van der Waals surface area contributed by atoms with E-state index in [2.05, 4.69) is 22.0 Å². The summed E-state index contributed by atoms with van der Waals surface area (Å²) in [5.41, 5.74) is 0. The number of thiophene rings is 1. The molecule has 0 saturated carbocycles. The second-order valence-corrected chi connectivity index (χ2v) is 4.41. The lowest BCUT2D eigenvalue weighted by atomic mass is 10.3. The standard InChI is InChI=1S/C8H9BrO2S/c9-8-7(10-3-4-11-8)6-2-1-5-12-6/h1-2,5,7-8H,3-4H2/t7-,8+/m1/s1. The largest absolute Gasteiger partial charge is 0.367 e. The maximum atomic E-state index is 5.57. The van der Waals surface area contributed by atoms with Gasteiger partial charge in [-0.3, -0.25) is 0 Å². The molecule has 12 heavy (non-hydrogen) atoms. The quantitative estimate of drug-likeness (QED) is 0.712. The first kappa shape index (κ1) is 8.69. The third-order valence-corrected chi connectivity index (χ3v) is 3.40. The van der Waals surface area contributed by atoms with Gasteiger partial charge in [0.05, 0.1) is 13.2 Å². The number of hydrogen-bond donors (Lipinski definition) is 0.